The Morgan fingerprint density at radius 2 is 1.76 bits per heavy atom. The maximum absolute atomic E-state index is 12.7. The van der Waals surface area contributed by atoms with Gasteiger partial charge in [0.2, 0.25) is 0 Å². The van der Waals surface area contributed by atoms with E-state index in [1.165, 1.54) is 12.7 Å². The molecule has 1 aliphatic carbocycles. The lowest BCUT2D eigenvalue weighted by Crippen LogP contribution is -2.25. The third kappa shape index (κ3) is 7.01. The fourth-order valence-corrected chi connectivity index (χ4v) is 4.24. The number of para-hydroxylation sites is 2. The SMILES string of the molecule is COc1cc(CNC(=O)OCc2ccc(C3C[C@@H]3NC(C)C)cc2)ccc1C(=O)Nc1ccccc1N. The van der Waals surface area contributed by atoms with Crippen molar-refractivity contribution in [3.8, 4) is 5.75 Å². The second-order valence-corrected chi connectivity index (χ2v) is 9.52. The van der Waals surface area contributed by atoms with Crippen LogP contribution in [0.3, 0.4) is 0 Å². The minimum Gasteiger partial charge on any atom is -0.496 e. The second-order valence-electron chi connectivity index (χ2n) is 9.52. The predicted molar refractivity (Wildman–Crippen MR) is 145 cm³/mol. The van der Waals surface area contributed by atoms with Crippen LogP contribution in [0.25, 0.3) is 0 Å². The van der Waals surface area contributed by atoms with Crippen LogP contribution in [0.5, 0.6) is 5.75 Å². The van der Waals surface area contributed by atoms with Crippen molar-refractivity contribution in [2.24, 2.45) is 0 Å². The molecule has 1 fully saturated rings. The Kier molecular flexibility index (Phi) is 8.30. The number of carbonyl (C=O) groups is 2. The van der Waals surface area contributed by atoms with E-state index in [1.807, 2.05) is 12.1 Å². The highest BCUT2D eigenvalue weighted by Crippen LogP contribution is 2.41. The molecule has 0 heterocycles. The van der Waals surface area contributed by atoms with E-state index in [0.717, 1.165) is 17.5 Å². The minimum absolute atomic E-state index is 0.190. The topological polar surface area (TPSA) is 115 Å². The first-order valence-electron chi connectivity index (χ1n) is 12.4. The Morgan fingerprint density at radius 3 is 2.46 bits per heavy atom. The molecule has 37 heavy (non-hydrogen) atoms. The third-order valence-electron chi connectivity index (χ3n) is 6.27. The number of benzene rings is 3. The highest BCUT2D eigenvalue weighted by molar-refractivity contribution is 6.07. The van der Waals surface area contributed by atoms with E-state index in [2.05, 4.69) is 41.9 Å². The molecule has 0 bridgehead atoms. The van der Waals surface area contributed by atoms with Gasteiger partial charge in [-0.25, -0.2) is 4.79 Å². The molecule has 1 aliphatic rings. The summed E-state index contributed by atoms with van der Waals surface area (Å²) < 4.78 is 10.8. The van der Waals surface area contributed by atoms with E-state index < -0.39 is 6.09 Å². The lowest BCUT2D eigenvalue weighted by Gasteiger charge is -2.13. The largest absolute Gasteiger partial charge is 0.496 e. The van der Waals surface area contributed by atoms with Gasteiger partial charge < -0.3 is 31.2 Å². The van der Waals surface area contributed by atoms with Crippen LogP contribution in [0.2, 0.25) is 0 Å². The van der Waals surface area contributed by atoms with Crippen LogP contribution in [0, 0.1) is 0 Å². The van der Waals surface area contributed by atoms with Crippen LogP contribution in [0.4, 0.5) is 16.2 Å². The number of methoxy groups -OCH3 is 1. The lowest BCUT2D eigenvalue weighted by atomic mass is 10.1. The van der Waals surface area contributed by atoms with E-state index in [1.54, 1.807) is 42.5 Å². The molecule has 8 heteroatoms. The number of ether oxygens (including phenoxy) is 2. The van der Waals surface area contributed by atoms with Crippen molar-refractivity contribution in [2.45, 2.75) is 51.4 Å². The number of nitrogens with one attached hydrogen (secondary N) is 3. The van der Waals surface area contributed by atoms with Gasteiger partial charge in [0, 0.05) is 24.5 Å². The molecule has 1 unspecified atom stereocenters. The van der Waals surface area contributed by atoms with Gasteiger partial charge in [0.15, 0.2) is 0 Å². The van der Waals surface area contributed by atoms with Gasteiger partial charge in [-0.2, -0.15) is 0 Å². The molecule has 0 saturated heterocycles. The van der Waals surface area contributed by atoms with Crippen molar-refractivity contribution < 1.29 is 19.1 Å². The summed E-state index contributed by atoms with van der Waals surface area (Å²) in [6.07, 6.45) is 0.641. The van der Waals surface area contributed by atoms with E-state index in [9.17, 15) is 9.59 Å². The van der Waals surface area contributed by atoms with Crippen molar-refractivity contribution in [1.82, 2.24) is 10.6 Å². The minimum atomic E-state index is -0.521. The number of carbonyl (C=O) groups excluding carboxylic acids is 2. The Morgan fingerprint density at radius 1 is 1.03 bits per heavy atom. The normalized spacial score (nSPS) is 16.2. The summed E-state index contributed by atoms with van der Waals surface area (Å²) in [7, 11) is 1.49. The van der Waals surface area contributed by atoms with E-state index >= 15 is 0 Å². The number of nitrogen functional groups attached to an aromatic ring is 1. The standard InChI is InChI=1S/C29H34N4O4/c1-18(2)32-26-15-23(26)21-11-8-19(9-12-21)17-37-29(35)31-16-20-10-13-22(27(14-20)36-3)28(34)33-25-7-5-4-6-24(25)30/h4-14,18,23,26,32H,15-17,30H2,1-3H3,(H,31,35)(H,33,34)/t23?,26-/m0/s1. The van der Waals surface area contributed by atoms with Gasteiger partial charge in [0.05, 0.1) is 24.0 Å². The van der Waals surface area contributed by atoms with E-state index in [4.69, 9.17) is 15.2 Å². The quantitative estimate of drug-likeness (QED) is 0.296. The molecular formula is C29H34N4O4. The zero-order valence-electron chi connectivity index (χ0n) is 21.4. The molecule has 5 N–H and O–H groups in total. The van der Waals surface area contributed by atoms with Gasteiger partial charge in [0.1, 0.15) is 12.4 Å². The number of amides is 2. The van der Waals surface area contributed by atoms with Gasteiger partial charge in [-0.05, 0) is 47.4 Å². The average Bonchev–Trinajstić information content (AvgIpc) is 3.65. The Labute approximate surface area is 217 Å². The average molecular weight is 503 g/mol. The number of anilines is 2. The monoisotopic (exact) mass is 502 g/mol. The van der Waals surface area contributed by atoms with Crippen LogP contribution < -0.4 is 26.4 Å². The first-order valence-corrected chi connectivity index (χ1v) is 12.4. The highest BCUT2D eigenvalue weighted by Gasteiger charge is 2.38. The molecule has 4 rings (SSSR count). The van der Waals surface area contributed by atoms with Crippen LogP contribution in [0.1, 0.15) is 53.2 Å². The number of nitrogens with two attached hydrogens (primary N) is 1. The van der Waals surface area contributed by atoms with Crippen LogP contribution >= 0.6 is 0 Å². The summed E-state index contributed by atoms with van der Waals surface area (Å²) in [5.41, 5.74) is 10.3. The Bertz CT molecular complexity index is 1240. The molecule has 8 nitrogen and oxygen atoms in total. The van der Waals surface area contributed by atoms with Crippen molar-refractivity contribution in [2.75, 3.05) is 18.2 Å². The fraction of sp³-hybridized carbons (Fsp3) is 0.310. The number of hydrogen-bond donors (Lipinski definition) is 4. The first-order chi connectivity index (χ1) is 17.8. The van der Waals surface area contributed by atoms with E-state index in [-0.39, 0.29) is 19.1 Å². The van der Waals surface area contributed by atoms with Crippen molar-refractivity contribution >= 4 is 23.4 Å². The molecule has 3 aromatic carbocycles. The Balaban J connectivity index is 1.25. The Hall–Kier alpha value is -4.04. The van der Waals surface area contributed by atoms with Crippen molar-refractivity contribution in [3.05, 3.63) is 89.0 Å². The van der Waals surface area contributed by atoms with Crippen molar-refractivity contribution in [1.29, 1.82) is 0 Å². The molecule has 1 saturated carbocycles. The summed E-state index contributed by atoms with van der Waals surface area (Å²) >= 11 is 0. The number of hydrogen-bond acceptors (Lipinski definition) is 6. The molecular weight excluding hydrogens is 468 g/mol. The molecule has 194 valence electrons. The van der Waals surface area contributed by atoms with Crippen LogP contribution in [0.15, 0.2) is 66.7 Å². The molecule has 0 radical (unpaired) electrons. The van der Waals surface area contributed by atoms with Gasteiger partial charge in [-0.3, -0.25) is 4.79 Å². The summed E-state index contributed by atoms with van der Waals surface area (Å²) in [6.45, 7) is 4.74. The fourth-order valence-electron chi connectivity index (χ4n) is 4.24. The molecule has 0 spiro atoms. The summed E-state index contributed by atoms with van der Waals surface area (Å²) in [4.78, 5) is 25.0. The van der Waals surface area contributed by atoms with Crippen molar-refractivity contribution in [3.63, 3.8) is 0 Å². The zero-order chi connectivity index (χ0) is 26.4. The molecule has 3 aromatic rings. The van der Waals surface area contributed by atoms with E-state index in [0.29, 0.717) is 40.7 Å². The lowest BCUT2D eigenvalue weighted by molar-refractivity contribution is 0.102. The third-order valence-corrected chi connectivity index (χ3v) is 6.27. The summed E-state index contributed by atoms with van der Waals surface area (Å²) in [5.74, 6) is 0.612. The molecule has 0 aromatic heterocycles. The smallest absolute Gasteiger partial charge is 0.407 e. The highest BCUT2D eigenvalue weighted by atomic mass is 16.5. The number of rotatable bonds is 10. The van der Waals surface area contributed by atoms with Crippen LogP contribution in [-0.2, 0) is 17.9 Å². The van der Waals surface area contributed by atoms with Gasteiger partial charge >= 0.3 is 6.09 Å². The first kappa shape index (κ1) is 26.0. The van der Waals surface area contributed by atoms with Gasteiger partial charge in [-0.1, -0.05) is 56.3 Å². The summed E-state index contributed by atoms with van der Waals surface area (Å²) in [5, 5.41) is 9.09. The van der Waals surface area contributed by atoms with Gasteiger partial charge in [-0.15, -0.1) is 0 Å². The molecule has 2 amide bonds. The zero-order valence-corrected chi connectivity index (χ0v) is 21.4. The maximum Gasteiger partial charge on any atom is 0.407 e. The second kappa shape index (κ2) is 11.8. The molecule has 0 aliphatic heterocycles. The maximum atomic E-state index is 12.7. The number of alkyl carbamates (subject to hydrolysis) is 1. The van der Waals surface area contributed by atoms with Gasteiger partial charge in [0.25, 0.3) is 5.91 Å². The van der Waals surface area contributed by atoms with Crippen LogP contribution in [-0.4, -0.2) is 31.2 Å². The molecule has 2 atom stereocenters. The predicted octanol–water partition coefficient (Wildman–Crippen LogP) is 4.81. The summed E-state index contributed by atoms with van der Waals surface area (Å²) in [6, 6.07) is 21.4.